The van der Waals surface area contributed by atoms with Gasteiger partial charge in [0, 0.05) is 17.1 Å². The number of carbonyl (C=O) groups is 1. The Morgan fingerprint density at radius 1 is 1.43 bits per heavy atom. The average Bonchev–Trinajstić information content (AvgIpc) is 2.46. The Balaban J connectivity index is 2.60. The summed E-state index contributed by atoms with van der Waals surface area (Å²) in [5.41, 5.74) is 0. The number of thiophene rings is 1. The lowest BCUT2D eigenvalue weighted by molar-refractivity contribution is 0.0993. The van der Waals surface area contributed by atoms with E-state index in [1.807, 2.05) is 0 Å². The molecule has 78 valence electrons. The quantitative estimate of drug-likeness (QED) is 0.625. The molecule has 1 rings (SSSR count). The molecule has 1 aromatic heterocycles. The van der Waals surface area contributed by atoms with E-state index in [0.717, 1.165) is 11.3 Å². The molecule has 0 spiro atoms. The van der Waals surface area contributed by atoms with Gasteiger partial charge in [-0.05, 0) is 12.1 Å². The molecule has 0 unspecified atom stereocenters. The zero-order valence-electron chi connectivity index (χ0n) is 6.87. The van der Waals surface area contributed by atoms with E-state index in [9.17, 15) is 13.2 Å². The minimum absolute atomic E-state index is 0.108. The van der Waals surface area contributed by atoms with Crippen LogP contribution in [0.25, 0.3) is 0 Å². The van der Waals surface area contributed by atoms with E-state index in [1.54, 1.807) is 12.1 Å². The Bertz CT molecular complexity index is 436. The van der Waals surface area contributed by atoms with Crippen molar-refractivity contribution in [1.29, 1.82) is 0 Å². The molecule has 0 radical (unpaired) electrons. The molecule has 0 fully saturated rings. The summed E-state index contributed by atoms with van der Waals surface area (Å²) in [6.07, 6.45) is -0.108. The predicted octanol–water partition coefficient (Wildman–Crippen LogP) is 2.54. The van der Waals surface area contributed by atoms with Crippen molar-refractivity contribution in [1.82, 2.24) is 0 Å². The normalized spacial score (nSPS) is 11.6. The van der Waals surface area contributed by atoms with Crippen LogP contribution in [-0.4, -0.2) is 20.0 Å². The van der Waals surface area contributed by atoms with Crippen molar-refractivity contribution in [2.75, 3.05) is 5.75 Å². The highest BCUT2D eigenvalue weighted by Gasteiger charge is 2.13. The van der Waals surface area contributed by atoms with Gasteiger partial charge in [-0.2, -0.15) is 0 Å². The molecule has 0 saturated heterocycles. The third kappa shape index (κ3) is 3.96. The molecule has 1 aromatic rings. The number of halogens is 2. The number of rotatable bonds is 4. The molecule has 14 heavy (non-hydrogen) atoms. The van der Waals surface area contributed by atoms with E-state index in [-0.39, 0.29) is 18.0 Å². The lowest BCUT2D eigenvalue weighted by Crippen LogP contribution is -2.04. The van der Waals surface area contributed by atoms with Crippen LogP contribution in [0.4, 0.5) is 0 Å². The Hall–Kier alpha value is -0.100. The molecule has 0 aliphatic rings. The molecular weight excluding hydrogens is 267 g/mol. The lowest BCUT2D eigenvalue weighted by atomic mass is 10.3. The van der Waals surface area contributed by atoms with Crippen LogP contribution in [0.1, 0.15) is 16.1 Å². The maximum Gasteiger partial charge on any atom is 0.233 e. The summed E-state index contributed by atoms with van der Waals surface area (Å²) in [7, 11) is 1.37. The molecule has 0 aliphatic carbocycles. The van der Waals surface area contributed by atoms with Gasteiger partial charge in [0.15, 0.2) is 5.78 Å². The van der Waals surface area contributed by atoms with Crippen LogP contribution in [0.3, 0.4) is 0 Å². The van der Waals surface area contributed by atoms with Gasteiger partial charge in [0.05, 0.1) is 15.0 Å². The van der Waals surface area contributed by atoms with Crippen molar-refractivity contribution in [3.05, 3.63) is 21.3 Å². The van der Waals surface area contributed by atoms with Crippen molar-refractivity contribution in [3.63, 3.8) is 0 Å². The standard InChI is InChI=1S/C7H6Cl2O3S2/c8-7-2-1-6(13-7)5(10)3-4-14(9,11)12/h1-2H,3-4H2. The average molecular weight is 273 g/mol. The highest BCUT2D eigenvalue weighted by Crippen LogP contribution is 2.22. The van der Waals surface area contributed by atoms with E-state index in [0.29, 0.717) is 9.21 Å². The van der Waals surface area contributed by atoms with Gasteiger partial charge in [0.2, 0.25) is 9.05 Å². The van der Waals surface area contributed by atoms with Crippen molar-refractivity contribution in [2.45, 2.75) is 6.42 Å². The summed E-state index contributed by atoms with van der Waals surface area (Å²) in [5.74, 6) is -0.603. The van der Waals surface area contributed by atoms with Crippen LogP contribution in [-0.2, 0) is 9.05 Å². The Morgan fingerprint density at radius 3 is 2.50 bits per heavy atom. The van der Waals surface area contributed by atoms with Gasteiger partial charge in [-0.25, -0.2) is 8.42 Å². The minimum Gasteiger partial charge on any atom is -0.293 e. The molecule has 3 nitrogen and oxygen atoms in total. The third-order valence-electron chi connectivity index (χ3n) is 1.42. The summed E-state index contributed by atoms with van der Waals surface area (Å²) < 4.78 is 21.6. The van der Waals surface area contributed by atoms with Gasteiger partial charge in [-0.1, -0.05) is 11.6 Å². The first kappa shape index (κ1) is 12.0. The molecule has 0 saturated carbocycles. The summed E-state index contributed by atoms with van der Waals surface area (Å²) in [6.45, 7) is 0. The topological polar surface area (TPSA) is 51.2 Å². The second kappa shape index (κ2) is 4.61. The Kier molecular flexibility index (Phi) is 3.94. The first-order chi connectivity index (χ1) is 6.38. The van der Waals surface area contributed by atoms with Gasteiger partial charge in [-0.15, -0.1) is 11.3 Å². The molecule has 0 aliphatic heterocycles. The van der Waals surface area contributed by atoms with Crippen LogP contribution < -0.4 is 0 Å². The maximum atomic E-state index is 11.3. The Labute approximate surface area is 95.1 Å². The molecule has 0 bridgehead atoms. The van der Waals surface area contributed by atoms with E-state index in [1.165, 1.54) is 0 Å². The summed E-state index contributed by atoms with van der Waals surface area (Å²) in [5, 5.41) is 0. The van der Waals surface area contributed by atoms with E-state index >= 15 is 0 Å². The van der Waals surface area contributed by atoms with Crippen molar-refractivity contribution < 1.29 is 13.2 Å². The summed E-state index contributed by atoms with van der Waals surface area (Å²) in [6, 6.07) is 3.16. The molecule has 7 heteroatoms. The van der Waals surface area contributed by atoms with E-state index in [2.05, 4.69) is 0 Å². The van der Waals surface area contributed by atoms with Gasteiger partial charge in [0.1, 0.15) is 0 Å². The minimum atomic E-state index is -3.60. The highest BCUT2D eigenvalue weighted by molar-refractivity contribution is 8.13. The van der Waals surface area contributed by atoms with Crippen LogP contribution in [0.5, 0.6) is 0 Å². The predicted molar refractivity (Wildman–Crippen MR) is 57.9 cm³/mol. The second-order valence-electron chi connectivity index (χ2n) is 2.52. The molecule has 0 N–H and O–H groups in total. The van der Waals surface area contributed by atoms with E-state index in [4.69, 9.17) is 22.3 Å². The second-order valence-corrected chi connectivity index (χ2v) is 7.13. The number of ketones is 1. The van der Waals surface area contributed by atoms with Crippen LogP contribution >= 0.6 is 33.6 Å². The smallest absolute Gasteiger partial charge is 0.233 e. The molecular formula is C7H6Cl2O3S2. The first-order valence-corrected chi connectivity index (χ1v) is 7.26. The van der Waals surface area contributed by atoms with Crippen molar-refractivity contribution in [3.8, 4) is 0 Å². The zero-order chi connectivity index (χ0) is 10.8. The molecule has 0 aromatic carbocycles. The van der Waals surface area contributed by atoms with Crippen LogP contribution in [0, 0.1) is 0 Å². The number of hydrogen-bond donors (Lipinski definition) is 0. The summed E-state index contributed by atoms with van der Waals surface area (Å²) in [4.78, 5) is 11.8. The van der Waals surface area contributed by atoms with Crippen LogP contribution in [0.2, 0.25) is 4.34 Å². The van der Waals surface area contributed by atoms with Crippen LogP contribution in [0.15, 0.2) is 12.1 Å². The Morgan fingerprint density at radius 2 is 2.07 bits per heavy atom. The van der Waals surface area contributed by atoms with Crippen molar-refractivity contribution in [2.24, 2.45) is 0 Å². The maximum absolute atomic E-state index is 11.3. The van der Waals surface area contributed by atoms with Gasteiger partial charge in [0.25, 0.3) is 0 Å². The fourth-order valence-corrected chi connectivity index (χ4v) is 2.47. The van der Waals surface area contributed by atoms with Gasteiger partial charge < -0.3 is 0 Å². The fraction of sp³-hybridized carbons (Fsp3) is 0.286. The van der Waals surface area contributed by atoms with Gasteiger partial charge in [-0.3, -0.25) is 4.79 Å². The van der Waals surface area contributed by atoms with Crippen molar-refractivity contribution >= 4 is 48.5 Å². The van der Waals surface area contributed by atoms with E-state index < -0.39 is 9.05 Å². The largest absolute Gasteiger partial charge is 0.293 e. The number of carbonyl (C=O) groups excluding carboxylic acids is 1. The highest BCUT2D eigenvalue weighted by atomic mass is 35.7. The fourth-order valence-electron chi connectivity index (χ4n) is 0.802. The number of Topliss-reactive ketones (excluding diaryl/α,β-unsaturated/α-hetero) is 1. The monoisotopic (exact) mass is 272 g/mol. The molecule has 0 amide bonds. The SMILES string of the molecule is O=C(CCS(=O)(=O)Cl)c1ccc(Cl)s1. The van der Waals surface area contributed by atoms with Gasteiger partial charge >= 0.3 is 0 Å². The molecule has 1 heterocycles. The number of hydrogen-bond acceptors (Lipinski definition) is 4. The zero-order valence-corrected chi connectivity index (χ0v) is 10.0. The first-order valence-electron chi connectivity index (χ1n) is 3.59. The summed E-state index contributed by atoms with van der Waals surface area (Å²) >= 11 is 6.74. The third-order valence-corrected chi connectivity index (χ3v) is 3.85. The lowest BCUT2D eigenvalue weighted by Gasteiger charge is -1.94. The molecule has 0 atom stereocenters.